The molecule has 36 heavy (non-hydrogen) atoms. The zero-order chi connectivity index (χ0) is 28.1. The van der Waals surface area contributed by atoms with Crippen molar-refractivity contribution in [3.05, 3.63) is 45.8 Å². The summed E-state index contributed by atoms with van der Waals surface area (Å²) in [4.78, 5) is 22.9. The van der Waals surface area contributed by atoms with Crippen LogP contribution in [0, 0.1) is 6.92 Å². The maximum Gasteiger partial charge on any atom is 0.315 e. The summed E-state index contributed by atoms with van der Waals surface area (Å²) < 4.78 is 11.7. The average Bonchev–Trinajstić information content (AvgIpc) is 3.14. The van der Waals surface area contributed by atoms with Crippen LogP contribution >= 0.6 is 0 Å². The second kappa shape index (κ2) is 16.4. The Kier molecular flexibility index (Phi) is 15.4. The van der Waals surface area contributed by atoms with Crippen molar-refractivity contribution < 1.29 is 9.47 Å². The van der Waals surface area contributed by atoms with Crippen LogP contribution in [0.1, 0.15) is 59.6 Å². The van der Waals surface area contributed by atoms with Crippen LogP contribution in [0.2, 0.25) is 14.8 Å². The van der Waals surface area contributed by atoms with Gasteiger partial charge in [0.15, 0.2) is 0 Å². The van der Waals surface area contributed by atoms with Crippen molar-refractivity contribution in [2.24, 2.45) is 26.4 Å². The van der Waals surface area contributed by atoms with Gasteiger partial charge in [0.25, 0.3) is 0 Å². The van der Waals surface area contributed by atoms with E-state index in [-0.39, 0.29) is 24.9 Å². The Bertz CT molecular complexity index is 1050. The van der Waals surface area contributed by atoms with Crippen LogP contribution in [-0.4, -0.2) is 60.0 Å². The van der Waals surface area contributed by atoms with E-state index in [2.05, 4.69) is 41.4 Å². The first-order valence-electron chi connectivity index (χ1n) is 12.5. The van der Waals surface area contributed by atoms with Crippen LogP contribution in [-0.2, 0) is 9.47 Å². The van der Waals surface area contributed by atoms with Crippen LogP contribution in [0.25, 0.3) is 10.9 Å². The molecule has 0 radical (unpaired) electrons. The predicted octanol–water partition coefficient (Wildman–Crippen LogP) is 6.13. The standard InChI is InChI=1S/C15H21N5O.C7H12NO.C2H6.3CH3.Sn/c1-9(2)19-15(21-8-16)20-14(17)11-4-5-13-12(6-11)10(3)7-18-13;1-5-8-7(4)9-6(2)3;1-2;;;;/h4-7,9,18H,8,16H2,1-3H3,(H2,17,19,20);6H,1H2,2-4H3;1-2H3;3*1H3;/b;8-7+;;;;;. The molecule has 0 unspecified atom stereocenters. The number of aromatic nitrogens is 1. The van der Waals surface area contributed by atoms with Gasteiger partial charge in [-0.3, -0.25) is 5.73 Å². The molecule has 0 aliphatic heterocycles. The second-order valence-corrected chi connectivity index (χ2v) is 24.0. The SMILES string of the molecule is C=[C](/N=C(\C)OC(C)C)[Sn]([CH3])([CH3])[CH3].CC.Cc1c[nH]c2ccc(/C(N)=N/C(=NC(C)C)OCN)cc12. The molecule has 2 aromatic rings. The van der Waals surface area contributed by atoms with E-state index in [1.807, 2.05) is 79.8 Å². The van der Waals surface area contributed by atoms with E-state index in [0.29, 0.717) is 5.84 Å². The number of nitrogens with two attached hydrogens (primary N) is 2. The summed E-state index contributed by atoms with van der Waals surface area (Å²) in [6, 6.07) is 6.14. The molecule has 0 aliphatic carbocycles. The van der Waals surface area contributed by atoms with Crippen LogP contribution in [0.4, 0.5) is 0 Å². The molecule has 9 heteroatoms. The molecule has 0 saturated carbocycles. The minimum absolute atomic E-state index is 0.0122. The summed E-state index contributed by atoms with van der Waals surface area (Å²) in [7, 11) is 0. The molecule has 0 spiro atoms. The Balaban J connectivity index is 0.000000706. The summed E-state index contributed by atoms with van der Waals surface area (Å²) in [6.45, 7) is 19.8. The molecule has 2 rings (SSSR count). The van der Waals surface area contributed by atoms with Crippen LogP contribution in [0.3, 0.4) is 0 Å². The topological polar surface area (TPSA) is 123 Å². The van der Waals surface area contributed by atoms with E-state index in [1.165, 1.54) is 0 Å². The number of aryl methyl sites for hydroxylation is 1. The number of H-pyrrole nitrogens is 1. The third-order valence-electron chi connectivity index (χ3n) is 4.55. The smallest absolute Gasteiger partial charge is 0.315 e. The molecule has 8 nitrogen and oxygen atoms in total. The number of ether oxygens (including phenoxy) is 2. The average molecular weight is 607 g/mol. The Morgan fingerprint density at radius 1 is 1.11 bits per heavy atom. The first kappa shape index (κ1) is 33.7. The molecule has 1 aromatic carbocycles. The number of nitrogens with zero attached hydrogens (tertiary/aromatic N) is 3. The monoisotopic (exact) mass is 608 g/mol. The summed E-state index contributed by atoms with van der Waals surface area (Å²) in [6.07, 6.45) is 2.16. The number of nitrogens with one attached hydrogen (secondary N) is 1. The summed E-state index contributed by atoms with van der Waals surface area (Å²) in [5.74, 6) is 1.09. The van der Waals surface area contributed by atoms with Crippen molar-refractivity contribution in [1.82, 2.24) is 4.98 Å². The molecule has 0 bridgehead atoms. The van der Waals surface area contributed by atoms with Crippen molar-refractivity contribution in [2.75, 3.05) is 6.73 Å². The number of rotatable bonds is 6. The van der Waals surface area contributed by atoms with Crippen molar-refractivity contribution in [1.29, 1.82) is 0 Å². The fourth-order valence-electron chi connectivity index (χ4n) is 2.71. The first-order chi connectivity index (χ1) is 16.7. The molecule has 0 saturated heterocycles. The van der Waals surface area contributed by atoms with Gasteiger partial charge >= 0.3 is 92.0 Å². The molecule has 0 fully saturated rings. The van der Waals surface area contributed by atoms with E-state index >= 15 is 0 Å². The zero-order valence-corrected chi connectivity index (χ0v) is 27.0. The molecule has 0 atom stereocenters. The van der Waals surface area contributed by atoms with Gasteiger partial charge in [0.2, 0.25) is 0 Å². The quantitative estimate of drug-likeness (QED) is 0.158. The Morgan fingerprint density at radius 3 is 2.22 bits per heavy atom. The summed E-state index contributed by atoms with van der Waals surface area (Å²) in [5, 5.41) is 1.12. The molecule has 1 heterocycles. The van der Waals surface area contributed by atoms with Gasteiger partial charge in [-0.1, -0.05) is 13.8 Å². The van der Waals surface area contributed by atoms with Crippen LogP contribution in [0.5, 0.6) is 0 Å². The molecule has 1 aromatic heterocycles. The van der Waals surface area contributed by atoms with E-state index in [1.54, 1.807) is 0 Å². The Morgan fingerprint density at radius 2 is 1.72 bits per heavy atom. The van der Waals surface area contributed by atoms with Gasteiger partial charge in [-0.25, -0.2) is 4.99 Å². The third-order valence-corrected chi connectivity index (χ3v) is 9.81. The number of amidine groups is 2. The Hall–Kier alpha value is -2.33. The number of benzene rings is 1. The molecular weight excluding hydrogens is 559 g/mol. The molecule has 5 N–H and O–H groups in total. The zero-order valence-electron chi connectivity index (χ0n) is 24.2. The largest absolute Gasteiger partial charge is 0.448 e. The number of fused-ring (bicyclic) bond motifs is 1. The fourth-order valence-corrected chi connectivity index (χ4v) is 4.11. The molecular formula is C27H48N6O2Sn. The minimum Gasteiger partial charge on any atom is -0.448 e. The maximum atomic E-state index is 6.05. The number of hydrogen-bond acceptors (Lipinski definition) is 5. The van der Waals surface area contributed by atoms with Crippen LogP contribution < -0.4 is 11.5 Å². The van der Waals surface area contributed by atoms with Crippen LogP contribution in [0.15, 0.2) is 49.7 Å². The normalized spacial score (nSPS) is 12.7. The van der Waals surface area contributed by atoms with Gasteiger partial charge in [-0.2, -0.15) is 4.99 Å². The molecule has 0 amide bonds. The van der Waals surface area contributed by atoms with E-state index in [9.17, 15) is 0 Å². The maximum absolute atomic E-state index is 6.05. The number of aromatic amines is 1. The van der Waals surface area contributed by atoms with Crippen molar-refractivity contribution in [2.45, 2.75) is 82.4 Å². The number of hydrogen-bond donors (Lipinski definition) is 3. The second-order valence-electron chi connectivity index (χ2n) is 9.54. The van der Waals surface area contributed by atoms with Crippen molar-refractivity contribution in [3.8, 4) is 0 Å². The van der Waals surface area contributed by atoms with Gasteiger partial charge in [0.1, 0.15) is 12.6 Å². The number of aliphatic imine (C=N–C) groups is 3. The Labute approximate surface area is 222 Å². The third kappa shape index (κ3) is 12.6. The summed E-state index contributed by atoms with van der Waals surface area (Å²) >= 11 is -2.03. The molecule has 202 valence electrons. The van der Waals surface area contributed by atoms with Gasteiger partial charge in [0.05, 0.1) is 0 Å². The fraction of sp³-hybridized carbons (Fsp3) is 0.519. The summed E-state index contributed by atoms with van der Waals surface area (Å²) in [5.41, 5.74) is 14.5. The van der Waals surface area contributed by atoms with Crippen molar-refractivity contribution in [3.63, 3.8) is 0 Å². The van der Waals surface area contributed by atoms with E-state index in [4.69, 9.17) is 20.9 Å². The van der Waals surface area contributed by atoms with E-state index in [0.717, 1.165) is 31.6 Å². The molecule has 0 aliphatic rings. The first-order valence-corrected chi connectivity index (χ1v) is 22.5. The van der Waals surface area contributed by atoms with Gasteiger partial charge < -0.3 is 15.5 Å². The predicted molar refractivity (Wildman–Crippen MR) is 160 cm³/mol. The van der Waals surface area contributed by atoms with Gasteiger partial charge in [-0.15, -0.1) is 0 Å². The van der Waals surface area contributed by atoms with E-state index < -0.39 is 18.4 Å². The minimum atomic E-state index is -2.03. The van der Waals surface area contributed by atoms with Crippen molar-refractivity contribution >= 4 is 47.0 Å². The van der Waals surface area contributed by atoms with Gasteiger partial charge in [-0.05, 0) is 44.5 Å². The van der Waals surface area contributed by atoms with Gasteiger partial charge in [0, 0.05) is 28.7 Å².